The van der Waals surface area contributed by atoms with Gasteiger partial charge in [0, 0.05) is 10.5 Å². The third kappa shape index (κ3) is 2.95. The van der Waals surface area contributed by atoms with Crippen molar-refractivity contribution in [2.45, 2.75) is 48.2 Å². The van der Waals surface area contributed by atoms with Crippen molar-refractivity contribution in [1.82, 2.24) is 0 Å². The Morgan fingerprint density at radius 2 is 2.07 bits per heavy atom. The van der Waals surface area contributed by atoms with E-state index in [9.17, 15) is 18.8 Å². The van der Waals surface area contributed by atoms with Gasteiger partial charge in [0.05, 0.1) is 23.7 Å². The van der Waals surface area contributed by atoms with Gasteiger partial charge in [-0.05, 0) is 50.7 Å². The fraction of sp³-hybridized carbons (Fsp3) is 0.450. The van der Waals surface area contributed by atoms with Crippen LogP contribution in [0.1, 0.15) is 38.5 Å². The Morgan fingerprint density at radius 3 is 2.68 bits per heavy atom. The Kier molecular flexibility index (Phi) is 5.00. The van der Waals surface area contributed by atoms with Crippen molar-refractivity contribution in [2.75, 3.05) is 12.0 Å². The predicted molar refractivity (Wildman–Crippen MR) is 104 cm³/mol. The maximum Gasteiger partial charge on any atom is 0.322 e. The normalized spacial score (nSPS) is 23.2. The van der Waals surface area contributed by atoms with Crippen LogP contribution in [-0.4, -0.2) is 29.6 Å². The molecular weight excluding hydrogens is 405 g/mol. The Balaban J connectivity index is 1.71. The first-order chi connectivity index (χ1) is 13.4. The number of carbonyl (C=O) groups is 3. The monoisotopic (exact) mass is 423 g/mol. The molecule has 2 amide bonds. The lowest BCUT2D eigenvalue weighted by atomic mass is 9.84. The summed E-state index contributed by atoms with van der Waals surface area (Å²) in [7, 11) is 1.33. The molecule has 8 heteroatoms. The van der Waals surface area contributed by atoms with Crippen molar-refractivity contribution in [3.63, 3.8) is 0 Å². The number of halogens is 2. The van der Waals surface area contributed by atoms with Crippen molar-refractivity contribution in [1.29, 1.82) is 0 Å². The summed E-state index contributed by atoms with van der Waals surface area (Å²) in [6, 6.07) is 2.50. The van der Waals surface area contributed by atoms with Crippen LogP contribution < -0.4 is 4.90 Å². The number of benzene rings is 1. The summed E-state index contributed by atoms with van der Waals surface area (Å²) in [5.74, 6) is -2.47. The smallest absolute Gasteiger partial charge is 0.322 e. The van der Waals surface area contributed by atoms with Crippen LogP contribution in [-0.2, 0) is 19.1 Å². The lowest BCUT2D eigenvalue weighted by Gasteiger charge is -2.38. The number of fused-ring (bicyclic) bond motifs is 1. The highest BCUT2D eigenvalue weighted by atomic mass is 35.5. The lowest BCUT2D eigenvalue weighted by Crippen LogP contribution is -2.42. The number of carbonyl (C=O) groups excluding carboxylic acids is 3. The van der Waals surface area contributed by atoms with Crippen LogP contribution in [0.2, 0.25) is 5.02 Å². The zero-order chi connectivity index (χ0) is 20.1. The topological polar surface area (TPSA) is 63.7 Å². The van der Waals surface area contributed by atoms with E-state index in [1.165, 1.54) is 24.9 Å². The molecular formula is C20H19ClFNO4S. The van der Waals surface area contributed by atoms with Gasteiger partial charge in [-0.25, -0.2) is 9.29 Å². The molecule has 5 nitrogen and oxygen atoms in total. The van der Waals surface area contributed by atoms with Crippen LogP contribution in [0.3, 0.4) is 0 Å². The molecule has 1 saturated carbocycles. The molecule has 0 aromatic heterocycles. The van der Waals surface area contributed by atoms with E-state index in [2.05, 4.69) is 0 Å². The van der Waals surface area contributed by atoms with Crippen LogP contribution in [0.15, 0.2) is 28.7 Å². The number of esters is 1. The van der Waals surface area contributed by atoms with Gasteiger partial charge in [0.2, 0.25) is 5.91 Å². The number of ether oxygens (including phenoxy) is 1. The van der Waals surface area contributed by atoms with Crippen LogP contribution in [0.25, 0.3) is 0 Å². The highest BCUT2D eigenvalue weighted by Gasteiger charge is 2.48. The highest BCUT2D eigenvalue weighted by Crippen LogP contribution is 2.51. The zero-order valence-corrected chi connectivity index (χ0v) is 16.9. The summed E-state index contributed by atoms with van der Waals surface area (Å²) in [5.41, 5.74) is 0.335. The molecule has 148 valence electrons. The maximum atomic E-state index is 14.7. The number of imide groups is 1. The average Bonchev–Trinajstić information content (AvgIpc) is 2.90. The van der Waals surface area contributed by atoms with Gasteiger partial charge < -0.3 is 4.74 Å². The summed E-state index contributed by atoms with van der Waals surface area (Å²) in [5, 5.41) is 0.136. The molecule has 2 fully saturated rings. The van der Waals surface area contributed by atoms with Crippen molar-refractivity contribution < 1.29 is 23.5 Å². The standard InChI is InChI=1S/C20H19ClFNO4S/c1-27-19(26)20(7-4-8-20)28-16-10-15(14(22)9-13(16)21)23-17(24)11-5-2-3-6-12(11)18(23)25/h5,9-10,12H,2-4,6-8H2,1H3. The first kappa shape index (κ1) is 19.5. The number of hydrogen-bond donors (Lipinski definition) is 0. The van der Waals surface area contributed by atoms with E-state index in [-0.39, 0.29) is 16.7 Å². The first-order valence-corrected chi connectivity index (χ1v) is 10.4. The van der Waals surface area contributed by atoms with Crippen LogP contribution in [0, 0.1) is 11.7 Å². The number of hydrogen-bond acceptors (Lipinski definition) is 5. The van der Waals surface area contributed by atoms with Gasteiger partial charge in [-0.2, -0.15) is 0 Å². The van der Waals surface area contributed by atoms with E-state index in [1.807, 2.05) is 0 Å². The predicted octanol–water partition coefficient (Wildman–Crippen LogP) is 4.27. The van der Waals surface area contributed by atoms with E-state index in [0.717, 1.165) is 30.2 Å². The Labute approximate surface area is 171 Å². The summed E-state index contributed by atoms with van der Waals surface area (Å²) >= 11 is 7.43. The van der Waals surface area contributed by atoms with Gasteiger partial charge >= 0.3 is 5.97 Å². The maximum absolute atomic E-state index is 14.7. The fourth-order valence-electron chi connectivity index (χ4n) is 3.99. The van der Waals surface area contributed by atoms with Gasteiger partial charge in [-0.1, -0.05) is 17.7 Å². The minimum atomic E-state index is -0.761. The number of anilines is 1. The van der Waals surface area contributed by atoms with Crippen molar-refractivity contribution in [3.05, 3.63) is 34.6 Å². The summed E-state index contributed by atoms with van der Waals surface area (Å²) in [4.78, 5) is 39.2. The molecule has 1 aromatic carbocycles. The molecule has 1 atom stereocenters. The van der Waals surface area contributed by atoms with Crippen LogP contribution >= 0.6 is 23.4 Å². The molecule has 4 rings (SSSR count). The number of methoxy groups -OCH3 is 1. The third-order valence-corrected chi connectivity index (χ3v) is 7.62. The fourth-order valence-corrected chi connectivity index (χ4v) is 5.67. The van der Waals surface area contributed by atoms with E-state index >= 15 is 0 Å². The number of allylic oxidation sites excluding steroid dienone is 1. The molecule has 1 heterocycles. The Hall–Kier alpha value is -1.86. The second kappa shape index (κ2) is 7.19. The largest absolute Gasteiger partial charge is 0.468 e. The quantitative estimate of drug-likeness (QED) is 0.534. The first-order valence-electron chi connectivity index (χ1n) is 9.23. The van der Waals surface area contributed by atoms with Crippen LogP contribution in [0.5, 0.6) is 0 Å². The van der Waals surface area contributed by atoms with Crippen LogP contribution in [0.4, 0.5) is 10.1 Å². The zero-order valence-electron chi connectivity index (χ0n) is 15.3. The molecule has 3 aliphatic rings. The van der Waals surface area contributed by atoms with Gasteiger partial charge in [0.1, 0.15) is 10.6 Å². The minimum Gasteiger partial charge on any atom is -0.468 e. The van der Waals surface area contributed by atoms with E-state index < -0.39 is 28.3 Å². The molecule has 1 aliphatic heterocycles. The lowest BCUT2D eigenvalue weighted by molar-refractivity contribution is -0.145. The van der Waals surface area contributed by atoms with Gasteiger partial charge in [0.25, 0.3) is 5.91 Å². The van der Waals surface area contributed by atoms with E-state index in [1.54, 1.807) is 6.08 Å². The van der Waals surface area contributed by atoms with Crippen molar-refractivity contribution in [3.8, 4) is 0 Å². The number of thioether (sulfide) groups is 1. The summed E-state index contributed by atoms with van der Waals surface area (Å²) in [6.45, 7) is 0. The SMILES string of the molecule is COC(=O)C1(Sc2cc(N3C(=O)C4=CCCCC4C3=O)c(F)cc2Cl)CCC1. The number of amides is 2. The summed E-state index contributed by atoms with van der Waals surface area (Å²) < 4.78 is 18.9. The molecule has 28 heavy (non-hydrogen) atoms. The number of rotatable bonds is 4. The minimum absolute atomic E-state index is 0.114. The molecule has 2 aliphatic carbocycles. The average molecular weight is 424 g/mol. The molecule has 0 radical (unpaired) electrons. The van der Waals surface area contributed by atoms with Gasteiger partial charge in [0.15, 0.2) is 0 Å². The second-order valence-corrected chi connectivity index (χ2v) is 9.13. The summed E-state index contributed by atoms with van der Waals surface area (Å²) in [6.07, 6.45) is 6.08. The molecule has 1 unspecified atom stereocenters. The molecule has 1 saturated heterocycles. The van der Waals surface area contributed by atoms with Gasteiger partial charge in [-0.3, -0.25) is 14.4 Å². The van der Waals surface area contributed by atoms with Crippen molar-refractivity contribution >= 4 is 46.8 Å². The number of nitrogens with zero attached hydrogens (tertiary/aromatic N) is 1. The third-order valence-electron chi connectivity index (χ3n) is 5.67. The molecule has 0 spiro atoms. The molecule has 0 bridgehead atoms. The van der Waals surface area contributed by atoms with Crippen molar-refractivity contribution in [2.24, 2.45) is 5.92 Å². The van der Waals surface area contributed by atoms with Gasteiger partial charge in [-0.15, -0.1) is 11.8 Å². The Morgan fingerprint density at radius 1 is 1.32 bits per heavy atom. The second-order valence-electron chi connectivity index (χ2n) is 7.30. The van der Waals surface area contributed by atoms with E-state index in [0.29, 0.717) is 29.7 Å². The van der Waals surface area contributed by atoms with E-state index in [4.69, 9.17) is 16.3 Å². The molecule has 0 N–H and O–H groups in total. The highest BCUT2D eigenvalue weighted by molar-refractivity contribution is 8.01. The molecule has 1 aromatic rings. The Bertz CT molecular complexity index is 912.